The molecule has 0 radical (unpaired) electrons. The Balaban J connectivity index is 2.07. The van der Waals surface area contributed by atoms with E-state index in [4.69, 9.17) is 17.0 Å². The Morgan fingerprint density at radius 3 is 1.27 bits per heavy atom. The molecule has 2 aliphatic rings. The number of allylic oxidation sites excluding steroid dienone is 4. The van der Waals surface area contributed by atoms with Crippen molar-refractivity contribution in [2.75, 3.05) is 0 Å². The van der Waals surface area contributed by atoms with Gasteiger partial charge in [0.05, 0.1) is 0 Å². The van der Waals surface area contributed by atoms with Crippen LogP contribution in [0.15, 0.2) is 59.7 Å². The number of halogens is 2. The molecule has 0 aliphatic heterocycles. The van der Waals surface area contributed by atoms with Crippen molar-refractivity contribution in [3.63, 3.8) is 0 Å². The van der Waals surface area contributed by atoms with Crippen LogP contribution in [0.3, 0.4) is 0 Å². The quantitative estimate of drug-likeness (QED) is 0.189. The van der Waals surface area contributed by atoms with Crippen molar-refractivity contribution in [3.05, 3.63) is 81.9 Å². The Hall–Kier alpha value is -0.747. The van der Waals surface area contributed by atoms with Gasteiger partial charge in [-0.2, -0.15) is 0 Å². The van der Waals surface area contributed by atoms with Crippen LogP contribution in [-0.2, 0) is 15.9 Å². The van der Waals surface area contributed by atoms with Crippen molar-refractivity contribution in [3.8, 4) is 0 Å². The summed E-state index contributed by atoms with van der Waals surface area (Å²) in [5.74, 6) is 0. The van der Waals surface area contributed by atoms with E-state index in [-0.39, 0.29) is 7.25 Å². The topological polar surface area (TPSA) is 0 Å². The second-order valence-electron chi connectivity index (χ2n) is 12.6. The summed E-state index contributed by atoms with van der Waals surface area (Å²) in [4.78, 5) is 0. The van der Waals surface area contributed by atoms with E-state index in [1.165, 1.54) is 76.8 Å². The second kappa shape index (κ2) is 13.7. The van der Waals surface area contributed by atoms with Gasteiger partial charge in [0.15, 0.2) is 0 Å². The average Bonchev–Trinajstić information content (AvgIpc) is 3.45. The van der Waals surface area contributed by atoms with Crippen LogP contribution >= 0.6 is 17.0 Å². The first kappa shape index (κ1) is 32.2. The third-order valence-electron chi connectivity index (χ3n) is 9.84. The molecule has 0 N–H and O–H groups in total. The Bertz CT molecular complexity index is 1240. The summed E-state index contributed by atoms with van der Waals surface area (Å²) in [7, 11) is 17.2. The fourth-order valence-electron chi connectivity index (χ4n) is 7.69. The van der Waals surface area contributed by atoms with Crippen LogP contribution in [-0.4, -0.2) is 3.21 Å². The molecule has 0 bridgehead atoms. The fraction of sp³-hybridized carbons (Fsp3) is 0.541. The Morgan fingerprint density at radius 2 is 0.925 bits per heavy atom. The van der Waals surface area contributed by atoms with Gasteiger partial charge in [0.1, 0.15) is 0 Å². The zero-order chi connectivity index (χ0) is 28.9. The van der Waals surface area contributed by atoms with E-state index in [9.17, 15) is 0 Å². The third kappa shape index (κ3) is 5.63. The summed E-state index contributed by atoms with van der Waals surface area (Å²) in [6.45, 7) is 13.8. The van der Waals surface area contributed by atoms with Gasteiger partial charge in [0.2, 0.25) is 0 Å². The number of fused-ring (bicyclic) bond motifs is 2. The van der Waals surface area contributed by atoms with Crippen LogP contribution in [0.1, 0.15) is 148 Å². The van der Waals surface area contributed by atoms with Crippen LogP contribution in [0.25, 0.3) is 11.1 Å². The molecule has 2 aliphatic carbocycles. The number of hydrogen-bond donors (Lipinski definition) is 0. The van der Waals surface area contributed by atoms with E-state index in [1.807, 2.05) is 0 Å². The van der Waals surface area contributed by atoms with Crippen LogP contribution < -0.4 is 0 Å². The maximum absolute atomic E-state index is 8.61. The van der Waals surface area contributed by atoms with Crippen LogP contribution in [0.4, 0.5) is 0 Å². The molecule has 0 fully saturated rings. The minimum atomic E-state index is -4.90. The zero-order valence-electron chi connectivity index (χ0n) is 26.0. The number of hydrogen-bond acceptors (Lipinski definition) is 0. The predicted molar refractivity (Wildman–Crippen MR) is 178 cm³/mol. The summed E-state index contributed by atoms with van der Waals surface area (Å²) >= 11 is -4.90. The van der Waals surface area contributed by atoms with Gasteiger partial charge in [-0.05, 0) is 0 Å². The molecule has 2 aromatic rings. The summed E-state index contributed by atoms with van der Waals surface area (Å²) < 4.78 is 1.61. The van der Waals surface area contributed by atoms with E-state index in [0.717, 1.165) is 25.7 Å². The Morgan fingerprint density at radius 1 is 0.575 bits per heavy atom. The third-order valence-corrected chi connectivity index (χ3v) is 32.6. The standard InChI is InChI=1S/2C17H23.C3H6.2ClH.Zr/c2*1-3-5-9-14-13-15-10-7-8-12-17(15)16(14)11-6-4-2;1-3-2;;;/h2*7-8,10,12-13H,3-6,9,11H2,1-2H3;1-2H3;2*1H;/q;;;;;+2/p-2. The SMILES string of the molecule is CCCCC1=C(CCCC)[CH]([Zr]([Cl])([Cl])(=[C](C)C)[CH]2C(CCCC)=C(CCCC)c3ccccc32)c2ccccc21. The summed E-state index contributed by atoms with van der Waals surface area (Å²) in [6, 6.07) is 18.4. The van der Waals surface area contributed by atoms with E-state index in [1.54, 1.807) is 22.3 Å². The maximum atomic E-state index is 8.61. The first-order valence-corrected chi connectivity index (χ1v) is 26.7. The molecular weight excluding hydrogens is 607 g/mol. The Kier molecular flexibility index (Phi) is 11.0. The van der Waals surface area contributed by atoms with E-state index in [0.29, 0.717) is 0 Å². The van der Waals surface area contributed by atoms with Crippen molar-refractivity contribution < 1.29 is 15.9 Å². The van der Waals surface area contributed by atoms with Gasteiger partial charge < -0.3 is 0 Å². The monoisotopic (exact) mass is 656 g/mol. The van der Waals surface area contributed by atoms with Crippen LogP contribution in [0.5, 0.6) is 0 Å². The number of rotatable bonds is 14. The molecule has 0 nitrogen and oxygen atoms in total. The molecule has 2 unspecified atom stereocenters. The molecule has 0 aromatic heterocycles. The molecule has 0 spiro atoms. The average molecular weight is 659 g/mol. The second-order valence-corrected chi connectivity index (χ2v) is 34.4. The summed E-state index contributed by atoms with van der Waals surface area (Å²) in [6.07, 6.45) is 14.1. The van der Waals surface area contributed by atoms with Crippen molar-refractivity contribution in [2.24, 2.45) is 0 Å². The molecule has 3 heteroatoms. The molecule has 218 valence electrons. The molecule has 2 atom stereocenters. The predicted octanol–water partition coefficient (Wildman–Crippen LogP) is 13.0. The van der Waals surface area contributed by atoms with Crippen molar-refractivity contribution >= 4 is 31.4 Å². The van der Waals surface area contributed by atoms with Crippen LogP contribution in [0, 0.1) is 0 Å². The van der Waals surface area contributed by atoms with Gasteiger partial charge in [0, 0.05) is 0 Å². The summed E-state index contributed by atoms with van der Waals surface area (Å²) in [5, 5.41) is 0. The first-order chi connectivity index (χ1) is 19.3. The fourth-order valence-corrected chi connectivity index (χ4v) is 26.0. The molecule has 0 heterocycles. The first-order valence-electron chi connectivity index (χ1n) is 16.3. The number of benzene rings is 2. The van der Waals surface area contributed by atoms with Gasteiger partial charge in [-0.3, -0.25) is 0 Å². The Labute approximate surface area is 253 Å². The molecular formula is C37H52Cl2Zr. The van der Waals surface area contributed by atoms with E-state index >= 15 is 0 Å². The normalized spacial score (nSPS) is 18.9. The minimum absolute atomic E-state index is 0.143. The number of unbranched alkanes of at least 4 members (excludes halogenated alkanes) is 4. The van der Waals surface area contributed by atoms with E-state index < -0.39 is 15.9 Å². The van der Waals surface area contributed by atoms with Crippen molar-refractivity contribution in [1.29, 1.82) is 0 Å². The molecule has 2 aromatic carbocycles. The van der Waals surface area contributed by atoms with Crippen molar-refractivity contribution in [1.82, 2.24) is 0 Å². The van der Waals surface area contributed by atoms with Crippen molar-refractivity contribution in [2.45, 2.75) is 126 Å². The molecule has 0 saturated carbocycles. The molecule has 0 saturated heterocycles. The van der Waals surface area contributed by atoms with Crippen LogP contribution in [0.2, 0.25) is 0 Å². The van der Waals surface area contributed by atoms with Gasteiger partial charge in [-0.1, -0.05) is 0 Å². The van der Waals surface area contributed by atoms with Gasteiger partial charge in [-0.25, -0.2) is 0 Å². The summed E-state index contributed by atoms with van der Waals surface area (Å²) in [5.41, 5.74) is 12.0. The zero-order valence-corrected chi connectivity index (χ0v) is 30.0. The van der Waals surface area contributed by atoms with E-state index in [2.05, 4.69) is 90.1 Å². The van der Waals surface area contributed by atoms with Gasteiger partial charge >= 0.3 is 255 Å². The molecule has 0 amide bonds. The molecule has 40 heavy (non-hydrogen) atoms. The van der Waals surface area contributed by atoms with Gasteiger partial charge in [0.25, 0.3) is 0 Å². The molecule has 4 rings (SSSR count). The van der Waals surface area contributed by atoms with Gasteiger partial charge in [-0.15, -0.1) is 0 Å².